The van der Waals surface area contributed by atoms with E-state index in [9.17, 15) is 0 Å². The number of benzene rings is 3. The maximum atomic E-state index is 6.13. The molecule has 4 nitrogen and oxygen atoms in total. The van der Waals surface area contributed by atoms with Gasteiger partial charge in [-0.15, -0.1) is 0 Å². The van der Waals surface area contributed by atoms with E-state index in [1.54, 1.807) is 0 Å². The lowest BCUT2D eigenvalue weighted by Gasteiger charge is -2.26. The molecule has 0 unspecified atom stereocenters. The Labute approximate surface area is 201 Å². The van der Waals surface area contributed by atoms with Crippen molar-refractivity contribution >= 4 is 40.0 Å². The first-order valence-corrected chi connectivity index (χ1v) is 12.1. The van der Waals surface area contributed by atoms with Crippen LogP contribution in [0.3, 0.4) is 0 Å². The molecule has 0 bridgehead atoms. The van der Waals surface area contributed by atoms with E-state index < -0.39 is 0 Å². The molecule has 4 aromatic rings. The summed E-state index contributed by atoms with van der Waals surface area (Å²) in [5.74, 6) is 1.64. The number of para-hydroxylation sites is 1. The van der Waals surface area contributed by atoms with E-state index in [0.29, 0.717) is 0 Å². The van der Waals surface area contributed by atoms with E-state index in [0.717, 1.165) is 46.7 Å². The molecule has 1 saturated carbocycles. The molecule has 1 fully saturated rings. The second kappa shape index (κ2) is 8.75. The van der Waals surface area contributed by atoms with Gasteiger partial charge in [0.25, 0.3) is 0 Å². The van der Waals surface area contributed by atoms with E-state index in [1.165, 1.54) is 40.8 Å². The third kappa shape index (κ3) is 4.58. The molecule has 1 aliphatic carbocycles. The predicted octanol–water partition coefficient (Wildman–Crippen LogP) is 7.31. The number of halogens is 1. The number of hydrogen-bond acceptors (Lipinski definition) is 3. The van der Waals surface area contributed by atoms with Crippen LogP contribution < -0.4 is 10.2 Å². The van der Waals surface area contributed by atoms with Gasteiger partial charge >= 0.3 is 0 Å². The van der Waals surface area contributed by atoms with E-state index in [2.05, 4.69) is 85.1 Å². The number of imidazole rings is 1. The molecule has 33 heavy (non-hydrogen) atoms. The Morgan fingerprint density at radius 1 is 1.03 bits per heavy atom. The molecular formula is C28H31ClN4. The maximum absolute atomic E-state index is 6.13. The van der Waals surface area contributed by atoms with Crippen LogP contribution in [0.4, 0.5) is 17.3 Å². The molecule has 3 aromatic carbocycles. The summed E-state index contributed by atoms with van der Waals surface area (Å²) < 4.78 is 2.20. The Morgan fingerprint density at radius 2 is 1.73 bits per heavy atom. The van der Waals surface area contributed by atoms with Gasteiger partial charge < -0.3 is 14.8 Å². The van der Waals surface area contributed by atoms with Crippen molar-refractivity contribution in [2.75, 3.05) is 16.8 Å². The van der Waals surface area contributed by atoms with Gasteiger partial charge in [0.2, 0.25) is 5.95 Å². The number of nitrogens with one attached hydrogen (secondary N) is 1. The molecule has 170 valence electrons. The smallest absolute Gasteiger partial charge is 0.208 e. The highest BCUT2D eigenvalue weighted by Gasteiger charge is 2.26. The lowest BCUT2D eigenvalue weighted by atomic mass is 10.1. The highest BCUT2D eigenvalue weighted by atomic mass is 35.5. The summed E-state index contributed by atoms with van der Waals surface area (Å²) in [5.41, 5.74) is 9.56. The molecule has 0 atom stereocenters. The number of aryl methyl sites for hydroxylation is 4. The van der Waals surface area contributed by atoms with E-state index >= 15 is 0 Å². The van der Waals surface area contributed by atoms with Crippen molar-refractivity contribution < 1.29 is 0 Å². The SMILES string of the molecule is Cc1cc(C)c(Nc2nc3cccc(N(Cc4ccc(Cl)cc4)CC4CC4)c3n2C)c(C)c1. The summed E-state index contributed by atoms with van der Waals surface area (Å²) in [7, 11) is 2.11. The molecule has 1 aliphatic rings. The van der Waals surface area contributed by atoms with Crippen LogP contribution in [0.1, 0.15) is 35.1 Å². The van der Waals surface area contributed by atoms with Crippen molar-refractivity contribution in [3.8, 4) is 0 Å². The molecule has 0 spiro atoms. The zero-order valence-electron chi connectivity index (χ0n) is 19.8. The topological polar surface area (TPSA) is 33.1 Å². The van der Waals surface area contributed by atoms with Gasteiger partial charge in [-0.2, -0.15) is 0 Å². The van der Waals surface area contributed by atoms with Crippen LogP contribution >= 0.6 is 11.6 Å². The van der Waals surface area contributed by atoms with E-state index in [1.807, 2.05) is 12.1 Å². The van der Waals surface area contributed by atoms with Crippen LogP contribution in [0.5, 0.6) is 0 Å². The van der Waals surface area contributed by atoms with Crippen LogP contribution in [-0.2, 0) is 13.6 Å². The van der Waals surface area contributed by atoms with E-state index in [-0.39, 0.29) is 0 Å². The Balaban J connectivity index is 1.54. The first-order valence-electron chi connectivity index (χ1n) is 11.7. The third-order valence-electron chi connectivity index (χ3n) is 6.59. The number of rotatable bonds is 7. The Morgan fingerprint density at radius 3 is 2.39 bits per heavy atom. The molecule has 0 amide bonds. The van der Waals surface area contributed by atoms with Gasteiger partial charge in [-0.1, -0.05) is 47.5 Å². The van der Waals surface area contributed by atoms with Gasteiger partial charge in [-0.3, -0.25) is 0 Å². The van der Waals surface area contributed by atoms with Crippen molar-refractivity contribution in [3.63, 3.8) is 0 Å². The van der Waals surface area contributed by atoms with Crippen molar-refractivity contribution in [2.45, 2.75) is 40.2 Å². The monoisotopic (exact) mass is 458 g/mol. The maximum Gasteiger partial charge on any atom is 0.208 e. The van der Waals surface area contributed by atoms with Gasteiger partial charge in [-0.25, -0.2) is 4.98 Å². The van der Waals surface area contributed by atoms with Gasteiger partial charge in [0.15, 0.2) is 0 Å². The van der Waals surface area contributed by atoms with Crippen molar-refractivity contribution in [3.05, 3.63) is 81.9 Å². The molecule has 0 radical (unpaired) electrons. The summed E-state index contributed by atoms with van der Waals surface area (Å²) >= 11 is 6.13. The van der Waals surface area contributed by atoms with Crippen molar-refractivity contribution in [1.29, 1.82) is 0 Å². The second-order valence-electron chi connectivity index (χ2n) is 9.49. The fourth-order valence-electron chi connectivity index (χ4n) is 4.77. The fraction of sp³-hybridized carbons (Fsp3) is 0.321. The third-order valence-corrected chi connectivity index (χ3v) is 6.84. The van der Waals surface area contributed by atoms with Crippen molar-refractivity contribution in [2.24, 2.45) is 13.0 Å². The van der Waals surface area contributed by atoms with Crippen LogP contribution in [-0.4, -0.2) is 16.1 Å². The Bertz CT molecular complexity index is 1280. The standard InChI is InChI=1S/C28H31ClN4/c1-18-14-19(2)26(20(3)15-18)31-28-30-24-6-5-7-25(27(24)32(28)4)33(16-21-8-9-21)17-22-10-12-23(29)13-11-22/h5-7,10-15,21H,8-9,16-17H2,1-4H3,(H,30,31). The van der Waals surface area contributed by atoms with Crippen LogP contribution in [0.2, 0.25) is 5.02 Å². The van der Waals surface area contributed by atoms with E-state index in [4.69, 9.17) is 16.6 Å². The molecular weight excluding hydrogens is 428 g/mol. The molecule has 0 saturated heterocycles. The van der Waals surface area contributed by atoms with Gasteiger partial charge in [0.1, 0.15) is 0 Å². The molecule has 1 N–H and O–H groups in total. The minimum absolute atomic E-state index is 0.774. The highest BCUT2D eigenvalue weighted by Crippen LogP contribution is 2.36. The average molecular weight is 459 g/mol. The summed E-state index contributed by atoms with van der Waals surface area (Å²) in [5, 5.41) is 4.40. The molecule has 5 heteroatoms. The van der Waals surface area contributed by atoms with Gasteiger partial charge in [0.05, 0.1) is 16.7 Å². The summed E-state index contributed by atoms with van der Waals surface area (Å²) in [6.07, 6.45) is 2.63. The van der Waals surface area contributed by atoms with Gasteiger partial charge in [0, 0.05) is 30.8 Å². The minimum atomic E-state index is 0.774. The lowest BCUT2D eigenvalue weighted by molar-refractivity contribution is 0.723. The fourth-order valence-corrected chi connectivity index (χ4v) is 4.90. The normalized spacial score (nSPS) is 13.5. The Hall–Kier alpha value is -2.98. The predicted molar refractivity (Wildman–Crippen MR) is 140 cm³/mol. The highest BCUT2D eigenvalue weighted by molar-refractivity contribution is 6.30. The number of fused-ring (bicyclic) bond motifs is 1. The molecule has 0 aliphatic heterocycles. The summed E-state index contributed by atoms with van der Waals surface area (Å²) in [4.78, 5) is 7.49. The summed E-state index contributed by atoms with van der Waals surface area (Å²) in [6, 6.07) is 19.1. The average Bonchev–Trinajstić information content (AvgIpc) is 3.54. The number of hydrogen-bond donors (Lipinski definition) is 1. The largest absolute Gasteiger partial charge is 0.365 e. The zero-order chi connectivity index (χ0) is 23.1. The second-order valence-corrected chi connectivity index (χ2v) is 9.92. The molecule has 5 rings (SSSR count). The quantitative estimate of drug-likeness (QED) is 0.315. The Kier molecular flexibility index (Phi) is 5.79. The summed E-state index contributed by atoms with van der Waals surface area (Å²) in [6.45, 7) is 8.36. The van der Waals surface area contributed by atoms with Crippen LogP contribution in [0.25, 0.3) is 11.0 Å². The zero-order valence-corrected chi connectivity index (χ0v) is 20.6. The number of nitrogens with zero attached hydrogens (tertiary/aromatic N) is 3. The first-order chi connectivity index (χ1) is 15.9. The van der Waals surface area contributed by atoms with Crippen molar-refractivity contribution in [1.82, 2.24) is 9.55 Å². The molecule has 1 aromatic heterocycles. The van der Waals surface area contributed by atoms with Crippen LogP contribution in [0, 0.1) is 26.7 Å². The molecule has 1 heterocycles. The number of anilines is 3. The van der Waals surface area contributed by atoms with Gasteiger partial charge in [-0.05, 0) is 80.5 Å². The minimum Gasteiger partial charge on any atom is -0.365 e. The number of aromatic nitrogens is 2. The van der Waals surface area contributed by atoms with Crippen LogP contribution in [0.15, 0.2) is 54.6 Å². The first kappa shape index (κ1) is 21.8. The lowest BCUT2D eigenvalue weighted by Crippen LogP contribution is -2.25.